The minimum atomic E-state index is 0.440. The van der Waals surface area contributed by atoms with Gasteiger partial charge in [-0.05, 0) is 24.3 Å². The summed E-state index contributed by atoms with van der Waals surface area (Å²) in [4.78, 5) is 10.9. The predicted octanol–water partition coefficient (Wildman–Crippen LogP) is 3.31. The van der Waals surface area contributed by atoms with E-state index < -0.39 is 0 Å². The molecule has 0 fully saturated rings. The summed E-state index contributed by atoms with van der Waals surface area (Å²) in [5, 5.41) is 0. The van der Waals surface area contributed by atoms with Gasteiger partial charge < -0.3 is 14.2 Å². The third kappa shape index (κ3) is 2.85. The van der Waals surface area contributed by atoms with Crippen LogP contribution in [0.15, 0.2) is 42.5 Å². The summed E-state index contributed by atoms with van der Waals surface area (Å²) in [6.07, 6.45) is 0.736. The Labute approximate surface area is 111 Å². The summed E-state index contributed by atoms with van der Waals surface area (Å²) < 4.78 is 16.2. The lowest BCUT2D eigenvalue weighted by atomic mass is 10.2. The van der Waals surface area contributed by atoms with Crippen molar-refractivity contribution in [1.29, 1.82) is 0 Å². The first-order valence-corrected chi connectivity index (χ1v) is 5.72. The summed E-state index contributed by atoms with van der Waals surface area (Å²) in [5.41, 5.74) is 0.462. The molecule has 0 spiro atoms. The van der Waals surface area contributed by atoms with Gasteiger partial charge in [0, 0.05) is 5.56 Å². The smallest absolute Gasteiger partial charge is 0.203 e. The summed E-state index contributed by atoms with van der Waals surface area (Å²) in [7, 11) is 3.04. The second-order valence-corrected chi connectivity index (χ2v) is 3.79. The van der Waals surface area contributed by atoms with Gasteiger partial charge in [-0.1, -0.05) is 18.2 Å². The molecule has 0 aliphatic heterocycles. The van der Waals surface area contributed by atoms with Crippen molar-refractivity contribution in [2.45, 2.75) is 0 Å². The van der Waals surface area contributed by atoms with Crippen LogP contribution in [-0.4, -0.2) is 20.5 Å². The van der Waals surface area contributed by atoms with E-state index >= 15 is 0 Å². The highest BCUT2D eigenvalue weighted by atomic mass is 16.5. The lowest BCUT2D eigenvalue weighted by molar-refractivity contribution is 0.112. The van der Waals surface area contributed by atoms with E-state index in [1.807, 2.05) is 30.3 Å². The second-order valence-electron chi connectivity index (χ2n) is 3.79. The molecule has 0 heterocycles. The molecule has 0 atom stereocenters. The number of hydrogen-bond donors (Lipinski definition) is 0. The number of para-hydroxylation sites is 1. The number of hydrogen-bond acceptors (Lipinski definition) is 4. The Hall–Kier alpha value is -2.49. The minimum Gasteiger partial charge on any atom is -0.493 e. The van der Waals surface area contributed by atoms with E-state index in [0.29, 0.717) is 28.6 Å². The Morgan fingerprint density at radius 3 is 2.21 bits per heavy atom. The molecule has 0 aromatic heterocycles. The minimum absolute atomic E-state index is 0.440. The van der Waals surface area contributed by atoms with Gasteiger partial charge in [0.05, 0.1) is 14.2 Å². The summed E-state index contributed by atoms with van der Waals surface area (Å²) >= 11 is 0. The van der Waals surface area contributed by atoms with Crippen LogP contribution in [0.3, 0.4) is 0 Å². The van der Waals surface area contributed by atoms with Crippen LogP contribution in [0.25, 0.3) is 0 Å². The van der Waals surface area contributed by atoms with E-state index in [-0.39, 0.29) is 0 Å². The quantitative estimate of drug-likeness (QED) is 0.772. The van der Waals surface area contributed by atoms with Crippen molar-refractivity contribution >= 4 is 6.29 Å². The second kappa shape index (κ2) is 5.91. The van der Waals surface area contributed by atoms with Gasteiger partial charge in [-0.15, -0.1) is 0 Å². The molecule has 0 unspecified atom stereocenters. The first kappa shape index (κ1) is 13.0. The Morgan fingerprint density at radius 2 is 1.63 bits per heavy atom. The molecule has 0 amide bonds. The number of methoxy groups -OCH3 is 2. The fraction of sp³-hybridized carbons (Fsp3) is 0.133. The molecule has 0 bridgehead atoms. The molecule has 4 heteroatoms. The summed E-state index contributed by atoms with van der Waals surface area (Å²) in [6.45, 7) is 0. The summed E-state index contributed by atoms with van der Waals surface area (Å²) in [5.74, 6) is 2.01. The number of carbonyl (C=O) groups excluding carboxylic acids is 1. The molecule has 98 valence electrons. The van der Waals surface area contributed by atoms with E-state index in [1.165, 1.54) is 14.2 Å². The van der Waals surface area contributed by atoms with Gasteiger partial charge in [0.2, 0.25) is 5.75 Å². The number of aldehydes is 1. The number of rotatable bonds is 5. The molecule has 0 N–H and O–H groups in total. The molecule has 0 saturated carbocycles. The highest BCUT2D eigenvalue weighted by Crippen LogP contribution is 2.40. The topological polar surface area (TPSA) is 44.8 Å². The zero-order valence-electron chi connectivity index (χ0n) is 10.8. The van der Waals surface area contributed by atoms with Crippen LogP contribution in [0.1, 0.15) is 10.4 Å². The van der Waals surface area contributed by atoms with Gasteiger partial charge in [0.1, 0.15) is 12.0 Å². The SMILES string of the molecule is COc1cc(C=O)cc(Oc2ccccc2)c1OC. The van der Waals surface area contributed by atoms with Crippen molar-refractivity contribution < 1.29 is 19.0 Å². The monoisotopic (exact) mass is 258 g/mol. The van der Waals surface area contributed by atoms with Crippen LogP contribution in [-0.2, 0) is 0 Å². The van der Waals surface area contributed by atoms with Crippen molar-refractivity contribution in [2.24, 2.45) is 0 Å². The molecule has 0 saturated heterocycles. The highest BCUT2D eigenvalue weighted by Gasteiger charge is 2.14. The van der Waals surface area contributed by atoms with Gasteiger partial charge >= 0.3 is 0 Å². The molecule has 0 aliphatic rings. The van der Waals surface area contributed by atoms with Crippen molar-refractivity contribution in [3.05, 3.63) is 48.0 Å². The van der Waals surface area contributed by atoms with Gasteiger partial charge in [0.15, 0.2) is 11.5 Å². The van der Waals surface area contributed by atoms with Crippen LogP contribution < -0.4 is 14.2 Å². The number of ether oxygens (including phenoxy) is 3. The highest BCUT2D eigenvalue weighted by molar-refractivity contribution is 5.78. The van der Waals surface area contributed by atoms with Gasteiger partial charge in [0.25, 0.3) is 0 Å². The first-order chi connectivity index (χ1) is 9.28. The molecule has 2 aromatic rings. The van der Waals surface area contributed by atoms with Gasteiger partial charge in [-0.25, -0.2) is 0 Å². The van der Waals surface area contributed by atoms with Crippen LogP contribution >= 0.6 is 0 Å². The zero-order valence-corrected chi connectivity index (χ0v) is 10.8. The maximum Gasteiger partial charge on any atom is 0.203 e. The molecule has 2 rings (SSSR count). The lowest BCUT2D eigenvalue weighted by Crippen LogP contribution is -1.96. The average Bonchev–Trinajstić information content (AvgIpc) is 2.47. The molecule has 4 nitrogen and oxygen atoms in total. The van der Waals surface area contributed by atoms with E-state index in [4.69, 9.17) is 14.2 Å². The first-order valence-electron chi connectivity index (χ1n) is 5.72. The van der Waals surface area contributed by atoms with Crippen LogP contribution in [0.4, 0.5) is 0 Å². The molecule has 19 heavy (non-hydrogen) atoms. The standard InChI is InChI=1S/C15H14O4/c1-17-13-8-11(10-16)9-14(15(13)18-2)19-12-6-4-3-5-7-12/h3-10H,1-2H3. The molecule has 2 aromatic carbocycles. The Kier molecular flexibility index (Phi) is 4.03. The summed E-state index contributed by atoms with van der Waals surface area (Å²) in [6, 6.07) is 12.5. The third-order valence-electron chi connectivity index (χ3n) is 2.57. The van der Waals surface area contributed by atoms with E-state index in [1.54, 1.807) is 12.1 Å². The fourth-order valence-electron chi connectivity index (χ4n) is 1.71. The Bertz CT molecular complexity index is 564. The van der Waals surface area contributed by atoms with Crippen molar-refractivity contribution in [3.63, 3.8) is 0 Å². The van der Waals surface area contributed by atoms with Crippen LogP contribution in [0.5, 0.6) is 23.0 Å². The van der Waals surface area contributed by atoms with Crippen LogP contribution in [0, 0.1) is 0 Å². The normalized spacial score (nSPS) is 9.79. The van der Waals surface area contributed by atoms with E-state index in [0.717, 1.165) is 6.29 Å². The maximum absolute atomic E-state index is 10.9. The number of benzene rings is 2. The van der Waals surface area contributed by atoms with Crippen molar-refractivity contribution in [2.75, 3.05) is 14.2 Å². The largest absolute Gasteiger partial charge is 0.493 e. The Balaban J connectivity index is 2.45. The van der Waals surface area contributed by atoms with Crippen LogP contribution in [0.2, 0.25) is 0 Å². The zero-order chi connectivity index (χ0) is 13.7. The van der Waals surface area contributed by atoms with Gasteiger partial charge in [-0.3, -0.25) is 4.79 Å². The van der Waals surface area contributed by atoms with E-state index in [9.17, 15) is 4.79 Å². The van der Waals surface area contributed by atoms with Crippen molar-refractivity contribution in [1.82, 2.24) is 0 Å². The van der Waals surface area contributed by atoms with Crippen molar-refractivity contribution in [3.8, 4) is 23.0 Å². The molecular formula is C15H14O4. The van der Waals surface area contributed by atoms with Gasteiger partial charge in [-0.2, -0.15) is 0 Å². The molecule has 0 aliphatic carbocycles. The predicted molar refractivity (Wildman–Crippen MR) is 71.4 cm³/mol. The Morgan fingerprint density at radius 1 is 0.947 bits per heavy atom. The number of carbonyl (C=O) groups is 1. The lowest BCUT2D eigenvalue weighted by Gasteiger charge is -2.14. The van der Waals surface area contributed by atoms with E-state index in [2.05, 4.69) is 0 Å². The third-order valence-corrected chi connectivity index (χ3v) is 2.57. The fourth-order valence-corrected chi connectivity index (χ4v) is 1.71. The molecular weight excluding hydrogens is 244 g/mol. The maximum atomic E-state index is 10.9. The molecule has 0 radical (unpaired) electrons. The average molecular weight is 258 g/mol.